The van der Waals surface area contributed by atoms with Crippen molar-refractivity contribution in [1.82, 2.24) is 20.2 Å². The predicted octanol–water partition coefficient (Wildman–Crippen LogP) is 2.57. The largest absolute Gasteiger partial charge is 0.467 e. The van der Waals surface area contributed by atoms with E-state index in [1.807, 2.05) is 30.5 Å². The number of nitrogens with zero attached hydrogens (tertiary/aromatic N) is 2. The number of imidazole rings is 1. The van der Waals surface area contributed by atoms with Gasteiger partial charge in [0.25, 0.3) is 0 Å². The first-order chi connectivity index (χ1) is 11.8. The number of furan rings is 1. The van der Waals surface area contributed by atoms with E-state index in [4.69, 9.17) is 4.42 Å². The number of amides is 2. The number of aromatic nitrogens is 2. The normalized spacial score (nSPS) is 10.5. The monoisotopic (exact) mass is 324 g/mol. The average molecular weight is 324 g/mol. The second-order valence-corrected chi connectivity index (χ2v) is 5.40. The molecule has 0 unspecified atom stereocenters. The standard InChI is InChI=1S/C18H20N4O2/c23-18(21-13-16-7-4-12-24-16)20-9-8-17-19-10-11-22(17)14-15-5-2-1-3-6-15/h1-7,10-12H,8-9,13-14H2,(H2,20,21,23). The number of carbonyl (C=O) groups is 1. The van der Waals surface area contributed by atoms with Crippen LogP contribution in [0.25, 0.3) is 0 Å². The third-order valence-electron chi connectivity index (χ3n) is 3.63. The molecule has 6 heteroatoms. The van der Waals surface area contributed by atoms with Crippen molar-refractivity contribution in [2.75, 3.05) is 6.54 Å². The zero-order chi connectivity index (χ0) is 16.6. The molecule has 0 fully saturated rings. The Morgan fingerprint density at radius 2 is 2.00 bits per heavy atom. The van der Waals surface area contributed by atoms with Gasteiger partial charge in [-0.05, 0) is 17.7 Å². The summed E-state index contributed by atoms with van der Waals surface area (Å²) >= 11 is 0. The van der Waals surface area contributed by atoms with Gasteiger partial charge in [-0.25, -0.2) is 9.78 Å². The van der Waals surface area contributed by atoms with Crippen molar-refractivity contribution in [3.63, 3.8) is 0 Å². The minimum atomic E-state index is -0.215. The first-order valence-electron chi connectivity index (χ1n) is 7.89. The van der Waals surface area contributed by atoms with Gasteiger partial charge in [0.2, 0.25) is 0 Å². The summed E-state index contributed by atoms with van der Waals surface area (Å²) in [7, 11) is 0. The van der Waals surface area contributed by atoms with E-state index < -0.39 is 0 Å². The van der Waals surface area contributed by atoms with Crippen LogP contribution in [0.1, 0.15) is 17.1 Å². The molecule has 0 saturated carbocycles. The van der Waals surface area contributed by atoms with E-state index in [2.05, 4.69) is 32.3 Å². The summed E-state index contributed by atoms with van der Waals surface area (Å²) < 4.78 is 7.26. The van der Waals surface area contributed by atoms with Gasteiger partial charge in [-0.3, -0.25) is 0 Å². The second kappa shape index (κ2) is 8.01. The Hall–Kier alpha value is -3.02. The summed E-state index contributed by atoms with van der Waals surface area (Å²) in [5, 5.41) is 5.58. The summed E-state index contributed by atoms with van der Waals surface area (Å²) in [6, 6.07) is 13.6. The van der Waals surface area contributed by atoms with Gasteiger partial charge in [-0.1, -0.05) is 30.3 Å². The van der Waals surface area contributed by atoms with Crippen molar-refractivity contribution in [2.45, 2.75) is 19.5 Å². The van der Waals surface area contributed by atoms with Crippen LogP contribution in [0, 0.1) is 0 Å². The molecule has 0 atom stereocenters. The fourth-order valence-electron chi connectivity index (χ4n) is 2.42. The van der Waals surface area contributed by atoms with Crippen LogP contribution in [0.5, 0.6) is 0 Å². The van der Waals surface area contributed by atoms with Crippen LogP contribution in [0.4, 0.5) is 4.79 Å². The van der Waals surface area contributed by atoms with Gasteiger partial charge in [-0.15, -0.1) is 0 Å². The molecular formula is C18H20N4O2. The Bertz CT molecular complexity index is 750. The number of rotatable bonds is 7. The Labute approximate surface area is 140 Å². The third kappa shape index (κ3) is 4.49. The van der Waals surface area contributed by atoms with E-state index in [0.717, 1.165) is 18.1 Å². The van der Waals surface area contributed by atoms with Crippen molar-refractivity contribution in [1.29, 1.82) is 0 Å². The zero-order valence-corrected chi connectivity index (χ0v) is 13.3. The van der Waals surface area contributed by atoms with Crippen molar-refractivity contribution < 1.29 is 9.21 Å². The fraction of sp³-hybridized carbons (Fsp3) is 0.222. The molecule has 0 aliphatic carbocycles. The van der Waals surface area contributed by atoms with Gasteiger partial charge >= 0.3 is 6.03 Å². The maximum atomic E-state index is 11.8. The van der Waals surface area contributed by atoms with Crippen LogP contribution in [0.2, 0.25) is 0 Å². The van der Waals surface area contributed by atoms with Crippen LogP contribution >= 0.6 is 0 Å². The molecule has 0 aliphatic rings. The molecule has 3 aromatic rings. The molecule has 24 heavy (non-hydrogen) atoms. The summed E-state index contributed by atoms with van der Waals surface area (Å²) in [6.45, 7) is 1.68. The molecule has 0 bridgehead atoms. The number of carbonyl (C=O) groups excluding carboxylic acids is 1. The van der Waals surface area contributed by atoms with E-state index in [1.54, 1.807) is 18.5 Å². The number of hydrogen-bond acceptors (Lipinski definition) is 3. The van der Waals surface area contributed by atoms with Crippen LogP contribution in [-0.2, 0) is 19.5 Å². The van der Waals surface area contributed by atoms with Crippen LogP contribution in [0.15, 0.2) is 65.5 Å². The molecule has 2 N–H and O–H groups in total. The average Bonchev–Trinajstić information content (AvgIpc) is 3.26. The molecule has 0 aliphatic heterocycles. The van der Waals surface area contributed by atoms with Gasteiger partial charge in [-0.2, -0.15) is 0 Å². The highest BCUT2D eigenvalue weighted by Crippen LogP contribution is 2.05. The van der Waals surface area contributed by atoms with Crippen molar-refractivity contribution in [3.05, 3.63) is 78.3 Å². The summed E-state index contributed by atoms with van der Waals surface area (Å²) in [5.41, 5.74) is 1.22. The lowest BCUT2D eigenvalue weighted by atomic mass is 10.2. The van der Waals surface area contributed by atoms with Crippen molar-refractivity contribution in [3.8, 4) is 0 Å². The predicted molar refractivity (Wildman–Crippen MR) is 90.4 cm³/mol. The number of benzene rings is 1. The van der Waals surface area contributed by atoms with E-state index >= 15 is 0 Å². The third-order valence-corrected chi connectivity index (χ3v) is 3.63. The SMILES string of the molecule is O=C(NCCc1nccn1Cc1ccccc1)NCc1ccco1. The van der Waals surface area contributed by atoms with Crippen molar-refractivity contribution >= 4 is 6.03 Å². The van der Waals surface area contributed by atoms with Crippen LogP contribution in [0.3, 0.4) is 0 Å². The summed E-state index contributed by atoms with van der Waals surface area (Å²) in [5.74, 6) is 1.67. The first kappa shape index (κ1) is 15.9. The topological polar surface area (TPSA) is 72.1 Å². The maximum Gasteiger partial charge on any atom is 0.315 e. The maximum absolute atomic E-state index is 11.8. The van der Waals surface area contributed by atoms with Gasteiger partial charge < -0.3 is 19.6 Å². The molecule has 3 rings (SSSR count). The van der Waals surface area contributed by atoms with Gasteiger partial charge in [0.15, 0.2) is 0 Å². The molecule has 2 amide bonds. The van der Waals surface area contributed by atoms with Crippen LogP contribution in [-0.4, -0.2) is 22.1 Å². The zero-order valence-electron chi connectivity index (χ0n) is 13.3. The summed E-state index contributed by atoms with van der Waals surface area (Å²) in [4.78, 5) is 16.1. The highest BCUT2D eigenvalue weighted by Gasteiger charge is 2.06. The highest BCUT2D eigenvalue weighted by molar-refractivity contribution is 5.73. The molecular weight excluding hydrogens is 304 g/mol. The van der Waals surface area contributed by atoms with Crippen LogP contribution < -0.4 is 10.6 Å². The Kier molecular flexibility index (Phi) is 5.29. The number of urea groups is 1. The van der Waals surface area contributed by atoms with Crippen molar-refractivity contribution in [2.24, 2.45) is 0 Å². The lowest BCUT2D eigenvalue weighted by Gasteiger charge is -2.09. The van der Waals surface area contributed by atoms with Gasteiger partial charge in [0.1, 0.15) is 11.6 Å². The Balaban J connectivity index is 1.43. The molecule has 2 heterocycles. The molecule has 0 saturated heterocycles. The molecule has 0 spiro atoms. The van der Waals surface area contributed by atoms with Gasteiger partial charge in [0.05, 0.1) is 12.8 Å². The highest BCUT2D eigenvalue weighted by atomic mass is 16.3. The Morgan fingerprint density at radius 3 is 2.79 bits per heavy atom. The number of hydrogen-bond donors (Lipinski definition) is 2. The second-order valence-electron chi connectivity index (χ2n) is 5.40. The van der Waals surface area contributed by atoms with E-state index in [1.165, 1.54) is 5.56 Å². The van der Waals surface area contributed by atoms with E-state index in [-0.39, 0.29) is 6.03 Å². The lowest BCUT2D eigenvalue weighted by molar-refractivity contribution is 0.239. The fourth-order valence-corrected chi connectivity index (χ4v) is 2.42. The molecule has 6 nitrogen and oxygen atoms in total. The minimum absolute atomic E-state index is 0.215. The Morgan fingerprint density at radius 1 is 1.12 bits per heavy atom. The first-order valence-corrected chi connectivity index (χ1v) is 7.89. The van der Waals surface area contributed by atoms with Gasteiger partial charge in [0, 0.05) is 31.9 Å². The van der Waals surface area contributed by atoms with E-state index in [0.29, 0.717) is 19.5 Å². The summed E-state index contributed by atoms with van der Waals surface area (Å²) in [6.07, 6.45) is 6.00. The minimum Gasteiger partial charge on any atom is -0.467 e. The quantitative estimate of drug-likeness (QED) is 0.701. The van der Waals surface area contributed by atoms with E-state index in [9.17, 15) is 4.79 Å². The molecule has 1 aromatic carbocycles. The smallest absolute Gasteiger partial charge is 0.315 e. The lowest BCUT2D eigenvalue weighted by Crippen LogP contribution is -2.36. The number of nitrogens with one attached hydrogen (secondary N) is 2. The molecule has 124 valence electrons. The molecule has 2 aromatic heterocycles. The molecule has 0 radical (unpaired) electrons.